The number of hydrogen-bond acceptors (Lipinski definition) is 17. The molecule has 0 spiro atoms. The van der Waals surface area contributed by atoms with Gasteiger partial charge in [0.15, 0.2) is 6.35 Å². The molecule has 2 rings (SSSR count). The van der Waals surface area contributed by atoms with Gasteiger partial charge in [0.2, 0.25) is 29.5 Å². The first-order chi connectivity index (χ1) is 31.2. The third kappa shape index (κ3) is 21.4. The third-order valence-corrected chi connectivity index (χ3v) is 10.3. The zero-order chi connectivity index (χ0) is 49.3. The number of rotatable bonds is 31. The number of aliphatic hydroxyl groups is 1. The summed E-state index contributed by atoms with van der Waals surface area (Å²) >= 11 is 0.980. The minimum absolute atomic E-state index is 0.0101. The van der Waals surface area contributed by atoms with Crippen LogP contribution < -0.4 is 47.7 Å². The van der Waals surface area contributed by atoms with Gasteiger partial charge in [0.25, 0.3) is 11.8 Å². The molecular weight excluding hydrogens is 889 g/mol. The number of carboxylic acid groups (broad SMARTS) is 1. The molecule has 24 nitrogen and oxygen atoms in total. The normalized spacial score (nSPS) is 14.2. The molecule has 0 radical (unpaired) electrons. The van der Waals surface area contributed by atoms with Crippen LogP contribution in [-0.4, -0.2) is 171 Å². The zero-order valence-corrected chi connectivity index (χ0v) is 38.9. The molecule has 66 heavy (non-hydrogen) atoms. The smallest absolute Gasteiger partial charge is 0.407 e. The molecule has 8 amide bonds. The van der Waals surface area contributed by atoms with Crippen LogP contribution in [0.3, 0.4) is 0 Å². The molecule has 0 aliphatic carbocycles. The molecule has 25 heteroatoms. The highest BCUT2D eigenvalue weighted by atomic mass is 32.2. The predicted molar refractivity (Wildman–Crippen MR) is 240 cm³/mol. The van der Waals surface area contributed by atoms with Crippen LogP contribution in [0.25, 0.3) is 0 Å². The number of carbonyl (C=O) groups excluding carboxylic acids is 8. The lowest BCUT2D eigenvalue weighted by Crippen LogP contribution is -2.55. The van der Waals surface area contributed by atoms with Gasteiger partial charge < -0.3 is 61.2 Å². The maximum absolute atomic E-state index is 13.7. The highest BCUT2D eigenvalue weighted by Gasteiger charge is 2.32. The Bertz CT molecular complexity index is 1880. The van der Waals surface area contributed by atoms with Crippen molar-refractivity contribution in [3.05, 3.63) is 34.7 Å². The highest BCUT2D eigenvalue weighted by Crippen LogP contribution is 2.26. The summed E-state index contributed by atoms with van der Waals surface area (Å²) in [5.74, 6) is -4.87. The molecule has 1 heterocycles. The summed E-state index contributed by atoms with van der Waals surface area (Å²) in [7, 11) is 4.83. The number of carbonyl (C=O) groups is 9. The SMILES string of the molecule is CNC(=O)OCc1ccc(NC(=O)[C@H](CCCNC(N)O)NC(=O)[C@@H](NC(=O)CN(C)C)C(C)C)cc1OCCOCCNC(=O)CCN1C(=O)C=C(SCC[C@H](NC(C)=O)C(=O)O)C1=O. The standard InChI is InChI=1S/C41H64N10O14S/c1-24(2)35(49-33(54)22-50(5)6)37(57)48-28(8-7-13-45-40(42)61)36(56)47-27-10-9-26(23-65-41(62)43-4)30(20-27)64-18-17-63-16-14-44-32(53)11-15-51-34(55)21-31(38(51)58)66-19-12-29(39(59)60)46-25(3)52/h9-10,20-21,24,28-29,35,40,45,61H,7-8,11-19,22-23,42H2,1-6H3,(H,43,62)(H,44,53)(H,46,52)(H,47,56)(H,48,57)(H,49,54)(H,59,60)/t28-,29-,35-,40?/m0/s1. The number of nitrogens with two attached hydrogens (primary N) is 1. The average Bonchev–Trinajstić information content (AvgIpc) is 3.51. The molecule has 1 aliphatic heterocycles. The molecular formula is C41H64N10O14S. The van der Waals surface area contributed by atoms with E-state index >= 15 is 0 Å². The van der Waals surface area contributed by atoms with Crippen molar-refractivity contribution in [2.24, 2.45) is 11.7 Å². The number of aliphatic carboxylic acids is 1. The summed E-state index contributed by atoms with van der Waals surface area (Å²) in [6.45, 7) is 4.81. The number of anilines is 1. The summed E-state index contributed by atoms with van der Waals surface area (Å²) in [4.78, 5) is 114. The molecule has 11 N–H and O–H groups in total. The van der Waals surface area contributed by atoms with Crippen LogP contribution in [0, 0.1) is 5.92 Å². The van der Waals surface area contributed by atoms with E-state index in [1.807, 2.05) is 0 Å². The van der Waals surface area contributed by atoms with Gasteiger partial charge in [-0.1, -0.05) is 13.8 Å². The Morgan fingerprint density at radius 1 is 0.924 bits per heavy atom. The van der Waals surface area contributed by atoms with E-state index in [9.17, 15) is 53.4 Å². The van der Waals surface area contributed by atoms with Gasteiger partial charge in [0.05, 0.1) is 24.7 Å². The lowest BCUT2D eigenvalue weighted by Gasteiger charge is -2.26. The molecule has 368 valence electrons. The van der Waals surface area contributed by atoms with Crippen LogP contribution in [0.4, 0.5) is 10.5 Å². The van der Waals surface area contributed by atoms with Crippen LogP contribution in [0.15, 0.2) is 29.2 Å². The summed E-state index contributed by atoms with van der Waals surface area (Å²) in [6, 6.07) is 1.47. The highest BCUT2D eigenvalue weighted by molar-refractivity contribution is 8.04. The molecule has 0 fully saturated rings. The molecule has 1 aromatic rings. The Balaban J connectivity index is 1.96. The van der Waals surface area contributed by atoms with E-state index in [-0.39, 0.29) is 106 Å². The molecule has 1 aromatic carbocycles. The fourth-order valence-electron chi connectivity index (χ4n) is 5.92. The van der Waals surface area contributed by atoms with Crippen molar-refractivity contribution in [3.8, 4) is 5.75 Å². The van der Waals surface area contributed by atoms with E-state index in [0.29, 0.717) is 12.0 Å². The van der Waals surface area contributed by atoms with E-state index in [4.69, 9.17) is 19.9 Å². The van der Waals surface area contributed by atoms with E-state index in [2.05, 4.69) is 37.2 Å². The van der Waals surface area contributed by atoms with Gasteiger partial charge in [0, 0.05) is 62.6 Å². The Hall–Kier alpha value is -5.86. The molecule has 0 bridgehead atoms. The number of aliphatic hydroxyl groups excluding tert-OH is 1. The van der Waals surface area contributed by atoms with Gasteiger partial charge in [0.1, 0.15) is 37.1 Å². The minimum atomic E-state index is -1.28. The van der Waals surface area contributed by atoms with Crippen molar-refractivity contribution in [1.29, 1.82) is 0 Å². The number of nitrogens with zero attached hydrogens (tertiary/aromatic N) is 2. The van der Waals surface area contributed by atoms with Gasteiger partial charge in [-0.15, -0.1) is 11.8 Å². The summed E-state index contributed by atoms with van der Waals surface area (Å²) in [5, 5.41) is 36.8. The number of carboxylic acids is 1. The predicted octanol–water partition coefficient (Wildman–Crippen LogP) is -1.86. The maximum Gasteiger partial charge on any atom is 0.407 e. The third-order valence-electron chi connectivity index (χ3n) is 9.21. The monoisotopic (exact) mass is 952 g/mol. The Labute approximate surface area is 387 Å². The number of hydrogen-bond donors (Lipinski definition) is 10. The van der Waals surface area contributed by atoms with Crippen LogP contribution in [-0.2, 0) is 54.4 Å². The zero-order valence-electron chi connectivity index (χ0n) is 38.1. The number of ether oxygens (including phenoxy) is 3. The largest absolute Gasteiger partial charge is 0.491 e. The number of benzene rings is 1. The summed E-state index contributed by atoms with van der Waals surface area (Å²) in [5.41, 5.74) is 6.08. The van der Waals surface area contributed by atoms with Crippen LogP contribution in [0.5, 0.6) is 5.75 Å². The number of thioether (sulfide) groups is 1. The van der Waals surface area contributed by atoms with E-state index in [1.165, 1.54) is 20.0 Å². The molecule has 1 unspecified atom stereocenters. The minimum Gasteiger partial charge on any atom is -0.491 e. The maximum atomic E-state index is 13.7. The first kappa shape index (κ1) is 56.3. The first-order valence-electron chi connectivity index (χ1n) is 21.1. The quantitative estimate of drug-likeness (QED) is 0.0222. The molecule has 4 atom stereocenters. The number of imide groups is 1. The van der Waals surface area contributed by atoms with Crippen molar-refractivity contribution >= 4 is 70.9 Å². The Morgan fingerprint density at radius 3 is 2.29 bits per heavy atom. The summed E-state index contributed by atoms with van der Waals surface area (Å²) < 4.78 is 16.7. The van der Waals surface area contributed by atoms with E-state index < -0.39 is 72.0 Å². The van der Waals surface area contributed by atoms with Crippen LogP contribution in [0.2, 0.25) is 0 Å². The molecule has 1 aliphatic rings. The van der Waals surface area contributed by atoms with Crippen molar-refractivity contribution in [1.82, 2.24) is 41.7 Å². The Morgan fingerprint density at radius 2 is 1.65 bits per heavy atom. The second kappa shape index (κ2) is 29.6. The van der Waals surface area contributed by atoms with Crippen molar-refractivity contribution in [2.75, 3.05) is 78.2 Å². The lowest BCUT2D eigenvalue weighted by atomic mass is 10.0. The Kier molecular flexibility index (Phi) is 25.3. The lowest BCUT2D eigenvalue weighted by molar-refractivity contribution is -0.141. The fourth-order valence-corrected chi connectivity index (χ4v) is 6.92. The van der Waals surface area contributed by atoms with Crippen molar-refractivity contribution in [3.63, 3.8) is 0 Å². The number of alkyl carbamates (subject to hydrolysis) is 1. The van der Waals surface area contributed by atoms with Crippen molar-refractivity contribution < 1.29 is 67.6 Å². The van der Waals surface area contributed by atoms with Gasteiger partial charge in [-0.3, -0.25) is 49.5 Å². The van der Waals surface area contributed by atoms with Gasteiger partial charge in [-0.2, -0.15) is 0 Å². The van der Waals surface area contributed by atoms with Crippen LogP contribution in [0.1, 0.15) is 52.0 Å². The molecule has 0 saturated heterocycles. The van der Waals surface area contributed by atoms with Crippen molar-refractivity contribution in [2.45, 2.75) is 77.5 Å². The number of nitrogens with one attached hydrogen (secondary N) is 7. The average molecular weight is 953 g/mol. The van der Waals surface area contributed by atoms with Crippen LogP contribution >= 0.6 is 11.8 Å². The fraction of sp³-hybridized carbons (Fsp3) is 0.585. The van der Waals surface area contributed by atoms with Gasteiger partial charge in [-0.05, 0) is 58.0 Å². The molecule has 0 aromatic heterocycles. The second-order valence-electron chi connectivity index (χ2n) is 15.4. The molecule has 0 saturated carbocycles. The first-order valence-corrected chi connectivity index (χ1v) is 22.1. The van der Waals surface area contributed by atoms with E-state index in [1.54, 1.807) is 45.0 Å². The van der Waals surface area contributed by atoms with Gasteiger partial charge >= 0.3 is 12.1 Å². The van der Waals surface area contributed by atoms with E-state index in [0.717, 1.165) is 22.7 Å². The number of amides is 8. The second-order valence-corrected chi connectivity index (χ2v) is 16.5. The summed E-state index contributed by atoms with van der Waals surface area (Å²) in [6.07, 6.45) is -0.560. The number of likely N-dealkylation sites (N-methyl/N-ethyl adjacent to an activating group) is 1. The van der Waals surface area contributed by atoms with Gasteiger partial charge in [-0.25, -0.2) is 9.59 Å². The topological polar surface area (TPSA) is 338 Å².